The monoisotopic (exact) mass is 306 g/mol. The summed E-state index contributed by atoms with van der Waals surface area (Å²) in [6.07, 6.45) is 0.155. The number of carboxylic acids is 1. The van der Waals surface area contributed by atoms with Gasteiger partial charge in [0.15, 0.2) is 5.96 Å². The average molecular weight is 306 g/mol. The van der Waals surface area contributed by atoms with Gasteiger partial charge >= 0.3 is 5.97 Å². The van der Waals surface area contributed by atoms with Gasteiger partial charge in [0.25, 0.3) is 0 Å². The van der Waals surface area contributed by atoms with Crippen molar-refractivity contribution in [2.75, 3.05) is 0 Å². The van der Waals surface area contributed by atoms with Crippen LogP contribution in [0.4, 0.5) is 5.69 Å². The van der Waals surface area contributed by atoms with E-state index < -0.39 is 17.9 Å². The number of nitrogens with one attached hydrogen (secondary N) is 1. The maximum atomic E-state index is 11.1. The number of hydrogen-bond acceptors (Lipinski definition) is 3. The second-order valence-corrected chi connectivity index (χ2v) is 4.47. The van der Waals surface area contributed by atoms with Crippen molar-refractivity contribution >= 4 is 29.5 Å². The molecule has 1 aromatic carbocycles. The highest BCUT2D eigenvalue weighted by Crippen LogP contribution is 2.14. The summed E-state index contributed by atoms with van der Waals surface area (Å²) in [6, 6.07) is 5.64. The van der Waals surface area contributed by atoms with Gasteiger partial charge in [0.2, 0.25) is 11.9 Å². The molecule has 0 radical (unpaired) electrons. The number of nitrogens with two attached hydrogens (primary N) is 3. The Morgan fingerprint density at radius 1 is 1.23 bits per heavy atom. The highest BCUT2D eigenvalue weighted by molar-refractivity contribution is 5.93. The molecule has 0 saturated carbocycles. The number of carbonyl (C=O) groups excluding carboxylic acids is 1. The van der Waals surface area contributed by atoms with Gasteiger partial charge in [-0.2, -0.15) is 4.99 Å². The maximum Gasteiger partial charge on any atom is 0.326 e. The van der Waals surface area contributed by atoms with Crippen molar-refractivity contribution in [3.8, 4) is 0 Å². The predicted molar refractivity (Wildman–Crippen MR) is 82.5 cm³/mol. The summed E-state index contributed by atoms with van der Waals surface area (Å²) in [4.78, 5) is 29.6. The van der Waals surface area contributed by atoms with Crippen molar-refractivity contribution in [3.63, 3.8) is 0 Å². The first-order valence-corrected chi connectivity index (χ1v) is 6.30. The van der Waals surface area contributed by atoms with Crippen LogP contribution >= 0.6 is 0 Å². The number of carboxylic acid groups (broad SMARTS) is 1. The van der Waals surface area contributed by atoms with Crippen molar-refractivity contribution in [2.45, 2.75) is 19.4 Å². The van der Waals surface area contributed by atoms with Crippen LogP contribution in [0.3, 0.4) is 0 Å². The van der Waals surface area contributed by atoms with Crippen molar-refractivity contribution in [1.29, 1.82) is 0 Å². The minimum atomic E-state index is -1.10. The minimum Gasteiger partial charge on any atom is -0.480 e. The second kappa shape index (κ2) is 7.62. The van der Waals surface area contributed by atoms with Crippen LogP contribution in [0.5, 0.6) is 0 Å². The van der Waals surface area contributed by atoms with Gasteiger partial charge in [-0.25, -0.2) is 9.79 Å². The van der Waals surface area contributed by atoms with Crippen LogP contribution in [0.25, 0.3) is 0 Å². The first-order chi connectivity index (χ1) is 10.3. The van der Waals surface area contributed by atoms with Crippen molar-refractivity contribution in [3.05, 3.63) is 29.8 Å². The van der Waals surface area contributed by atoms with Crippen LogP contribution in [0.1, 0.15) is 12.5 Å². The van der Waals surface area contributed by atoms with Crippen LogP contribution in [0.2, 0.25) is 0 Å². The normalized spacial score (nSPS) is 12.3. The standard InChI is InChI=1S/C13H18N6O3/c1-7(20)17-10(11(21)22)6-8-2-4-9(5-3-8)18-13(16)19-12(14)15/h2-5,10H,6H2,1H3,(H,17,20)(H,21,22)(H6,14,15,16,18,19). The Labute approximate surface area is 126 Å². The molecular weight excluding hydrogens is 288 g/mol. The fraction of sp³-hybridized carbons (Fsp3) is 0.231. The molecule has 0 aliphatic heterocycles. The number of nitrogens with zero attached hydrogens (tertiary/aromatic N) is 2. The number of hydrogen-bond donors (Lipinski definition) is 5. The van der Waals surface area contributed by atoms with Gasteiger partial charge in [-0.1, -0.05) is 12.1 Å². The van der Waals surface area contributed by atoms with Gasteiger partial charge < -0.3 is 27.6 Å². The van der Waals surface area contributed by atoms with E-state index in [2.05, 4.69) is 15.3 Å². The van der Waals surface area contributed by atoms with Gasteiger partial charge in [0.05, 0.1) is 5.69 Å². The lowest BCUT2D eigenvalue weighted by Gasteiger charge is -2.13. The van der Waals surface area contributed by atoms with Crippen LogP contribution in [0.15, 0.2) is 34.3 Å². The molecule has 0 fully saturated rings. The molecule has 118 valence electrons. The third-order valence-electron chi connectivity index (χ3n) is 2.54. The molecule has 0 aromatic heterocycles. The smallest absolute Gasteiger partial charge is 0.326 e. The van der Waals surface area contributed by atoms with E-state index >= 15 is 0 Å². The number of aliphatic imine (C=N–C) groups is 2. The van der Waals surface area contributed by atoms with E-state index in [4.69, 9.17) is 22.3 Å². The lowest BCUT2D eigenvalue weighted by Crippen LogP contribution is -2.41. The molecule has 22 heavy (non-hydrogen) atoms. The van der Waals surface area contributed by atoms with Crippen molar-refractivity contribution in [1.82, 2.24) is 5.32 Å². The Morgan fingerprint density at radius 2 is 1.82 bits per heavy atom. The van der Waals surface area contributed by atoms with Crippen LogP contribution in [-0.2, 0) is 16.0 Å². The van der Waals surface area contributed by atoms with Gasteiger partial charge in [0.1, 0.15) is 6.04 Å². The highest BCUT2D eigenvalue weighted by atomic mass is 16.4. The van der Waals surface area contributed by atoms with E-state index in [1.165, 1.54) is 6.92 Å². The van der Waals surface area contributed by atoms with E-state index in [0.29, 0.717) is 5.69 Å². The molecule has 8 N–H and O–H groups in total. The Hall–Kier alpha value is -3.10. The first-order valence-electron chi connectivity index (χ1n) is 6.30. The summed E-state index contributed by atoms with van der Waals surface area (Å²) < 4.78 is 0. The number of guanidine groups is 2. The topological polar surface area (TPSA) is 169 Å². The largest absolute Gasteiger partial charge is 0.480 e. The number of rotatable bonds is 5. The average Bonchev–Trinajstić information content (AvgIpc) is 2.38. The van der Waals surface area contributed by atoms with E-state index in [-0.39, 0.29) is 18.3 Å². The zero-order chi connectivity index (χ0) is 16.7. The molecular formula is C13H18N6O3. The van der Waals surface area contributed by atoms with E-state index in [1.54, 1.807) is 24.3 Å². The van der Waals surface area contributed by atoms with Crippen LogP contribution in [0, 0.1) is 0 Å². The zero-order valence-corrected chi connectivity index (χ0v) is 12.0. The predicted octanol–water partition coefficient (Wildman–Crippen LogP) is -0.962. The molecule has 1 aromatic rings. The highest BCUT2D eigenvalue weighted by Gasteiger charge is 2.18. The maximum absolute atomic E-state index is 11.1. The van der Waals surface area contributed by atoms with E-state index in [1.807, 2.05) is 0 Å². The number of benzene rings is 1. The second-order valence-electron chi connectivity index (χ2n) is 4.47. The lowest BCUT2D eigenvalue weighted by molar-refractivity contribution is -0.141. The van der Waals surface area contributed by atoms with Gasteiger partial charge in [0, 0.05) is 13.3 Å². The summed E-state index contributed by atoms with van der Waals surface area (Å²) in [6.45, 7) is 1.26. The van der Waals surface area contributed by atoms with E-state index in [0.717, 1.165) is 5.56 Å². The Bertz CT molecular complexity index is 605. The Morgan fingerprint density at radius 3 is 2.27 bits per heavy atom. The third-order valence-corrected chi connectivity index (χ3v) is 2.54. The molecule has 9 heteroatoms. The molecule has 1 atom stereocenters. The van der Waals surface area contributed by atoms with E-state index in [9.17, 15) is 9.59 Å². The Kier molecular flexibility index (Phi) is 5.87. The fourth-order valence-corrected chi connectivity index (χ4v) is 1.68. The SMILES string of the molecule is CC(=O)NC(Cc1ccc(N=C(N)N=C(N)N)cc1)C(=O)O. The number of aliphatic carboxylic acids is 1. The molecule has 0 aliphatic rings. The summed E-state index contributed by atoms with van der Waals surface area (Å²) in [5, 5.41) is 11.4. The molecule has 0 bridgehead atoms. The zero-order valence-electron chi connectivity index (χ0n) is 12.0. The Balaban J connectivity index is 2.82. The molecule has 1 rings (SSSR count). The minimum absolute atomic E-state index is 0.0885. The van der Waals surface area contributed by atoms with Crippen molar-refractivity contribution in [2.24, 2.45) is 27.2 Å². The summed E-state index contributed by atoms with van der Waals surface area (Å²) in [7, 11) is 0. The summed E-state index contributed by atoms with van der Waals surface area (Å²) in [5.41, 5.74) is 17.1. The van der Waals surface area contributed by atoms with Crippen LogP contribution < -0.4 is 22.5 Å². The number of amides is 1. The molecule has 0 heterocycles. The van der Waals surface area contributed by atoms with Gasteiger partial charge in [-0.15, -0.1) is 0 Å². The van der Waals surface area contributed by atoms with Crippen molar-refractivity contribution < 1.29 is 14.7 Å². The molecule has 9 nitrogen and oxygen atoms in total. The molecule has 0 saturated heterocycles. The van der Waals surface area contributed by atoms with Gasteiger partial charge in [-0.05, 0) is 17.7 Å². The lowest BCUT2D eigenvalue weighted by atomic mass is 10.1. The third kappa shape index (κ3) is 5.90. The molecule has 0 spiro atoms. The quantitative estimate of drug-likeness (QED) is 0.346. The first kappa shape index (κ1) is 17.0. The molecule has 1 amide bonds. The summed E-state index contributed by atoms with van der Waals surface area (Å²) in [5.74, 6) is -1.79. The number of carbonyl (C=O) groups is 2. The van der Waals surface area contributed by atoms with Gasteiger partial charge in [-0.3, -0.25) is 4.79 Å². The summed E-state index contributed by atoms with van der Waals surface area (Å²) >= 11 is 0. The van der Waals surface area contributed by atoms with Crippen LogP contribution in [-0.4, -0.2) is 34.9 Å². The fourth-order valence-electron chi connectivity index (χ4n) is 1.68. The molecule has 1 unspecified atom stereocenters. The molecule has 0 aliphatic carbocycles.